The number of hydrogen-bond donors (Lipinski definition) is 1. The summed E-state index contributed by atoms with van der Waals surface area (Å²) >= 11 is 0. The molecule has 1 aliphatic rings. The predicted octanol–water partition coefficient (Wildman–Crippen LogP) is 2.51. The zero-order valence-corrected chi connectivity index (χ0v) is 9.71. The Hall–Kier alpha value is -0.860. The fourth-order valence-corrected chi connectivity index (χ4v) is 1.94. The SMILES string of the molecule is CC(C)(C)c1ccc2c(c1)COC[C@H]2N. The van der Waals surface area contributed by atoms with Crippen LogP contribution >= 0.6 is 0 Å². The van der Waals surface area contributed by atoms with E-state index < -0.39 is 0 Å². The average Bonchev–Trinajstić information content (AvgIpc) is 2.16. The van der Waals surface area contributed by atoms with E-state index in [-0.39, 0.29) is 11.5 Å². The highest BCUT2D eigenvalue weighted by molar-refractivity contribution is 5.37. The molecule has 0 spiro atoms. The molecule has 0 radical (unpaired) electrons. The highest BCUT2D eigenvalue weighted by Gasteiger charge is 2.20. The topological polar surface area (TPSA) is 35.2 Å². The summed E-state index contributed by atoms with van der Waals surface area (Å²) < 4.78 is 5.45. The van der Waals surface area contributed by atoms with Gasteiger partial charge in [0, 0.05) is 0 Å². The van der Waals surface area contributed by atoms with E-state index >= 15 is 0 Å². The Morgan fingerprint density at radius 1 is 1.33 bits per heavy atom. The largest absolute Gasteiger partial charge is 0.375 e. The Labute approximate surface area is 91.4 Å². The van der Waals surface area contributed by atoms with Gasteiger partial charge in [0.25, 0.3) is 0 Å². The number of rotatable bonds is 0. The number of ether oxygens (including phenoxy) is 1. The van der Waals surface area contributed by atoms with Crippen LogP contribution in [0.4, 0.5) is 0 Å². The molecule has 2 N–H and O–H groups in total. The van der Waals surface area contributed by atoms with Gasteiger partial charge in [0.05, 0.1) is 19.3 Å². The van der Waals surface area contributed by atoms with Gasteiger partial charge in [-0.05, 0) is 22.1 Å². The van der Waals surface area contributed by atoms with Crippen molar-refractivity contribution in [2.45, 2.75) is 38.8 Å². The third kappa shape index (κ3) is 2.06. The Morgan fingerprint density at radius 2 is 2.07 bits per heavy atom. The van der Waals surface area contributed by atoms with Gasteiger partial charge in [-0.25, -0.2) is 0 Å². The Balaban J connectivity index is 2.42. The zero-order chi connectivity index (χ0) is 11.1. The molecule has 0 unspecified atom stereocenters. The zero-order valence-electron chi connectivity index (χ0n) is 9.71. The number of fused-ring (bicyclic) bond motifs is 1. The quantitative estimate of drug-likeness (QED) is 0.706. The molecular formula is C13H19NO. The minimum atomic E-state index is 0.0442. The van der Waals surface area contributed by atoms with Crippen LogP contribution in [0.25, 0.3) is 0 Å². The van der Waals surface area contributed by atoms with E-state index in [2.05, 4.69) is 39.0 Å². The van der Waals surface area contributed by atoms with Gasteiger partial charge in [-0.15, -0.1) is 0 Å². The van der Waals surface area contributed by atoms with Gasteiger partial charge >= 0.3 is 0 Å². The molecule has 0 bridgehead atoms. The minimum Gasteiger partial charge on any atom is -0.375 e. The summed E-state index contributed by atoms with van der Waals surface area (Å²) in [5.41, 5.74) is 10.0. The fourth-order valence-electron chi connectivity index (χ4n) is 1.94. The summed E-state index contributed by atoms with van der Waals surface area (Å²) in [5, 5.41) is 0. The van der Waals surface area contributed by atoms with Gasteiger partial charge in [0.1, 0.15) is 0 Å². The lowest BCUT2D eigenvalue weighted by Crippen LogP contribution is -2.24. The van der Waals surface area contributed by atoms with Crippen LogP contribution in [0.15, 0.2) is 18.2 Å². The van der Waals surface area contributed by atoms with Gasteiger partial charge in [0.15, 0.2) is 0 Å². The Kier molecular flexibility index (Phi) is 2.57. The second-order valence-electron chi connectivity index (χ2n) is 5.29. The summed E-state index contributed by atoms with van der Waals surface area (Å²) in [5.74, 6) is 0. The van der Waals surface area contributed by atoms with E-state index in [0.717, 1.165) is 0 Å². The second kappa shape index (κ2) is 3.62. The molecule has 2 rings (SSSR count). The molecule has 0 aliphatic carbocycles. The van der Waals surface area contributed by atoms with Crippen LogP contribution in [0.3, 0.4) is 0 Å². The maximum absolute atomic E-state index is 5.98. The lowest BCUT2D eigenvalue weighted by Gasteiger charge is -2.26. The molecule has 0 amide bonds. The molecule has 0 saturated carbocycles. The lowest BCUT2D eigenvalue weighted by molar-refractivity contribution is 0.0923. The first-order chi connectivity index (χ1) is 6.98. The lowest BCUT2D eigenvalue weighted by atomic mass is 9.84. The van der Waals surface area contributed by atoms with Crippen molar-refractivity contribution in [3.8, 4) is 0 Å². The first-order valence-corrected chi connectivity index (χ1v) is 5.45. The van der Waals surface area contributed by atoms with Crippen LogP contribution in [0.5, 0.6) is 0 Å². The van der Waals surface area contributed by atoms with Crippen LogP contribution in [0.2, 0.25) is 0 Å². The summed E-state index contributed by atoms with van der Waals surface area (Å²) in [6, 6.07) is 6.62. The standard InChI is InChI=1S/C13H19NO/c1-13(2,3)10-4-5-11-9(6-10)7-15-8-12(11)14/h4-6,12H,7-8,14H2,1-3H3/t12-/m1/s1. The molecule has 1 aromatic carbocycles. The minimum absolute atomic E-state index is 0.0442. The Bertz CT molecular complexity index is 365. The van der Waals surface area contributed by atoms with Crippen LogP contribution in [0.1, 0.15) is 43.5 Å². The molecule has 15 heavy (non-hydrogen) atoms. The monoisotopic (exact) mass is 205 g/mol. The number of benzene rings is 1. The molecule has 1 atom stereocenters. The maximum Gasteiger partial charge on any atom is 0.0721 e. The van der Waals surface area contributed by atoms with Gasteiger partial charge in [-0.3, -0.25) is 0 Å². The molecule has 1 heterocycles. The summed E-state index contributed by atoms with van der Waals surface area (Å²) in [4.78, 5) is 0. The van der Waals surface area contributed by atoms with Crippen molar-refractivity contribution in [1.82, 2.24) is 0 Å². The second-order valence-corrected chi connectivity index (χ2v) is 5.29. The van der Waals surface area contributed by atoms with Crippen molar-refractivity contribution in [3.63, 3.8) is 0 Å². The summed E-state index contributed by atoms with van der Waals surface area (Å²) in [6.07, 6.45) is 0. The number of hydrogen-bond acceptors (Lipinski definition) is 2. The molecule has 1 aliphatic heterocycles. The van der Waals surface area contributed by atoms with E-state index in [1.807, 2.05) is 0 Å². The van der Waals surface area contributed by atoms with E-state index in [9.17, 15) is 0 Å². The smallest absolute Gasteiger partial charge is 0.0721 e. The number of nitrogens with two attached hydrogens (primary N) is 1. The van der Waals surface area contributed by atoms with Crippen molar-refractivity contribution in [1.29, 1.82) is 0 Å². The maximum atomic E-state index is 5.98. The summed E-state index contributed by atoms with van der Waals surface area (Å²) in [7, 11) is 0. The molecule has 2 nitrogen and oxygen atoms in total. The van der Waals surface area contributed by atoms with Crippen molar-refractivity contribution in [3.05, 3.63) is 34.9 Å². The van der Waals surface area contributed by atoms with Gasteiger partial charge in [-0.2, -0.15) is 0 Å². The third-order valence-corrected chi connectivity index (χ3v) is 2.96. The molecule has 2 heteroatoms. The highest BCUT2D eigenvalue weighted by atomic mass is 16.5. The molecule has 82 valence electrons. The van der Waals surface area contributed by atoms with Crippen molar-refractivity contribution in [2.75, 3.05) is 6.61 Å². The van der Waals surface area contributed by atoms with Crippen LogP contribution in [-0.2, 0) is 16.8 Å². The summed E-state index contributed by atoms with van der Waals surface area (Å²) in [6.45, 7) is 8.00. The van der Waals surface area contributed by atoms with E-state index in [0.29, 0.717) is 13.2 Å². The highest BCUT2D eigenvalue weighted by Crippen LogP contribution is 2.29. The van der Waals surface area contributed by atoms with Crippen LogP contribution < -0.4 is 5.73 Å². The Morgan fingerprint density at radius 3 is 2.73 bits per heavy atom. The van der Waals surface area contributed by atoms with E-state index in [4.69, 9.17) is 10.5 Å². The van der Waals surface area contributed by atoms with Crippen LogP contribution in [0, 0.1) is 0 Å². The average molecular weight is 205 g/mol. The molecule has 0 fully saturated rings. The van der Waals surface area contributed by atoms with Crippen molar-refractivity contribution >= 4 is 0 Å². The van der Waals surface area contributed by atoms with Gasteiger partial charge in [0.2, 0.25) is 0 Å². The normalized spacial score (nSPS) is 21.2. The van der Waals surface area contributed by atoms with E-state index in [1.165, 1.54) is 16.7 Å². The first-order valence-electron chi connectivity index (χ1n) is 5.45. The van der Waals surface area contributed by atoms with Crippen LogP contribution in [-0.4, -0.2) is 6.61 Å². The molecule has 1 aromatic rings. The third-order valence-electron chi connectivity index (χ3n) is 2.96. The molecule has 0 aromatic heterocycles. The van der Waals surface area contributed by atoms with E-state index in [1.54, 1.807) is 0 Å². The first kappa shape index (κ1) is 10.7. The van der Waals surface area contributed by atoms with Crippen molar-refractivity contribution in [2.24, 2.45) is 5.73 Å². The van der Waals surface area contributed by atoms with Gasteiger partial charge < -0.3 is 10.5 Å². The van der Waals surface area contributed by atoms with Crippen molar-refractivity contribution < 1.29 is 4.74 Å². The predicted molar refractivity (Wildman–Crippen MR) is 61.7 cm³/mol. The fraction of sp³-hybridized carbons (Fsp3) is 0.538. The molecular weight excluding hydrogens is 186 g/mol. The van der Waals surface area contributed by atoms with Gasteiger partial charge in [-0.1, -0.05) is 39.0 Å². The molecule has 0 saturated heterocycles.